The molecule has 0 saturated carbocycles. The molecule has 0 N–H and O–H groups in total. The third-order valence-electron chi connectivity index (χ3n) is 7.19. The van der Waals surface area contributed by atoms with Crippen LogP contribution in [0.25, 0.3) is 21.7 Å². The van der Waals surface area contributed by atoms with Crippen LogP contribution in [-0.4, -0.2) is 53.9 Å². The molecular weight excluding hydrogens is 412 g/mol. The first-order valence-electron chi connectivity index (χ1n) is 11.6. The Kier molecular flexibility index (Phi) is 4.89. The summed E-state index contributed by atoms with van der Waals surface area (Å²) >= 11 is 0. The number of carbonyl (C=O) groups excluding carboxylic acids is 2. The SMILES string of the molecule is Cc1c(C(=O)c2cccc3ccccc23)c2cccc3c2n1[C@@H](CN1CCOCC1)CC3=O. The number of ketones is 2. The van der Waals surface area contributed by atoms with Gasteiger partial charge in [-0.05, 0) is 23.8 Å². The Hall–Kier alpha value is -3.28. The first-order valence-corrected chi connectivity index (χ1v) is 11.6. The average Bonchev–Trinajstić information content (AvgIpc) is 3.15. The third kappa shape index (κ3) is 3.23. The highest BCUT2D eigenvalue weighted by atomic mass is 16.5. The monoisotopic (exact) mass is 438 g/mol. The molecule has 1 saturated heterocycles. The Morgan fingerprint density at radius 2 is 1.70 bits per heavy atom. The molecule has 2 aliphatic rings. The summed E-state index contributed by atoms with van der Waals surface area (Å²) in [7, 11) is 0. The largest absolute Gasteiger partial charge is 0.379 e. The second-order valence-corrected chi connectivity index (χ2v) is 9.08. The van der Waals surface area contributed by atoms with Crippen LogP contribution in [0, 0.1) is 6.92 Å². The maximum atomic E-state index is 14.0. The summed E-state index contributed by atoms with van der Waals surface area (Å²) in [5.41, 5.74) is 4.00. The van der Waals surface area contributed by atoms with Crippen LogP contribution in [0.2, 0.25) is 0 Å². The van der Waals surface area contributed by atoms with Gasteiger partial charge in [-0.1, -0.05) is 54.6 Å². The molecule has 0 spiro atoms. The van der Waals surface area contributed by atoms with E-state index in [2.05, 4.69) is 9.47 Å². The Morgan fingerprint density at radius 3 is 2.55 bits per heavy atom. The maximum absolute atomic E-state index is 14.0. The van der Waals surface area contributed by atoms with E-state index in [1.807, 2.05) is 67.6 Å². The molecule has 166 valence electrons. The van der Waals surface area contributed by atoms with E-state index >= 15 is 0 Å². The second-order valence-electron chi connectivity index (χ2n) is 9.08. The summed E-state index contributed by atoms with van der Waals surface area (Å²) in [5, 5.41) is 2.88. The quantitative estimate of drug-likeness (QED) is 0.430. The standard InChI is InChI=1S/C28H26N2O3/c1-18-26(28(32)22-9-4-7-19-6-2-3-8-21(19)22)24-11-5-10-23-25(31)16-20(30(18)27(23)24)17-29-12-14-33-15-13-29/h2-11,20H,12-17H2,1H3/t20-/m1/s1. The van der Waals surface area contributed by atoms with Crippen molar-refractivity contribution in [3.05, 3.63) is 83.0 Å². The van der Waals surface area contributed by atoms with Gasteiger partial charge in [-0.2, -0.15) is 0 Å². The molecule has 0 aliphatic carbocycles. The molecule has 3 aromatic carbocycles. The fraction of sp³-hybridized carbons (Fsp3) is 0.286. The summed E-state index contributed by atoms with van der Waals surface area (Å²) in [5.74, 6) is 0.178. The Morgan fingerprint density at radius 1 is 0.970 bits per heavy atom. The van der Waals surface area contributed by atoms with Crippen molar-refractivity contribution in [3.63, 3.8) is 0 Å². The van der Waals surface area contributed by atoms with Gasteiger partial charge in [0.25, 0.3) is 0 Å². The van der Waals surface area contributed by atoms with Gasteiger partial charge in [0.2, 0.25) is 0 Å². The number of Topliss-reactive ketones (excluding diaryl/α,β-unsaturated/α-hetero) is 1. The average molecular weight is 439 g/mol. The van der Waals surface area contributed by atoms with Crippen molar-refractivity contribution in [1.82, 2.24) is 9.47 Å². The smallest absolute Gasteiger partial charge is 0.196 e. The van der Waals surface area contributed by atoms with Crippen molar-refractivity contribution in [3.8, 4) is 0 Å². The van der Waals surface area contributed by atoms with E-state index in [9.17, 15) is 9.59 Å². The first-order chi connectivity index (χ1) is 16.1. The number of para-hydroxylation sites is 1. The van der Waals surface area contributed by atoms with E-state index < -0.39 is 0 Å². The molecule has 0 radical (unpaired) electrons. The number of hydrogen-bond acceptors (Lipinski definition) is 4. The van der Waals surface area contributed by atoms with Gasteiger partial charge in [0.1, 0.15) is 0 Å². The highest BCUT2D eigenvalue weighted by molar-refractivity contribution is 6.24. The van der Waals surface area contributed by atoms with Crippen molar-refractivity contribution in [1.29, 1.82) is 0 Å². The number of ether oxygens (including phenoxy) is 1. The maximum Gasteiger partial charge on any atom is 0.196 e. The Labute approximate surface area is 192 Å². The van der Waals surface area contributed by atoms with Gasteiger partial charge in [0, 0.05) is 48.3 Å². The topological polar surface area (TPSA) is 51.5 Å². The highest BCUT2D eigenvalue weighted by Gasteiger charge is 2.34. The number of aromatic nitrogens is 1. The molecule has 3 heterocycles. The zero-order valence-corrected chi connectivity index (χ0v) is 18.7. The molecule has 1 atom stereocenters. The molecule has 1 aromatic heterocycles. The molecule has 0 amide bonds. The lowest BCUT2D eigenvalue weighted by Gasteiger charge is -2.33. The van der Waals surface area contributed by atoms with Gasteiger partial charge in [-0.25, -0.2) is 0 Å². The molecule has 0 bridgehead atoms. The predicted molar refractivity (Wildman–Crippen MR) is 129 cm³/mol. The molecule has 5 heteroatoms. The third-order valence-corrected chi connectivity index (χ3v) is 7.19. The van der Waals surface area contributed by atoms with Crippen molar-refractivity contribution >= 4 is 33.2 Å². The van der Waals surface area contributed by atoms with Gasteiger partial charge < -0.3 is 9.30 Å². The van der Waals surface area contributed by atoms with Gasteiger partial charge in [-0.3, -0.25) is 14.5 Å². The van der Waals surface area contributed by atoms with Gasteiger partial charge >= 0.3 is 0 Å². The van der Waals surface area contributed by atoms with E-state index in [1.165, 1.54) is 0 Å². The number of fused-ring (bicyclic) bond motifs is 1. The number of carbonyl (C=O) groups is 2. The Bertz CT molecular complexity index is 1410. The lowest BCUT2D eigenvalue weighted by atomic mass is 9.94. The van der Waals surface area contributed by atoms with E-state index in [4.69, 9.17) is 4.74 Å². The minimum atomic E-state index is 0.0158. The van der Waals surface area contributed by atoms with Crippen LogP contribution in [0.4, 0.5) is 0 Å². The van der Waals surface area contributed by atoms with E-state index in [0.29, 0.717) is 17.5 Å². The van der Waals surface area contributed by atoms with Crippen LogP contribution in [0.3, 0.4) is 0 Å². The zero-order chi connectivity index (χ0) is 22.5. The molecule has 5 nitrogen and oxygen atoms in total. The second kappa shape index (κ2) is 7.94. The van der Waals surface area contributed by atoms with Gasteiger partial charge in [0.15, 0.2) is 11.6 Å². The fourth-order valence-corrected chi connectivity index (χ4v) is 5.66. The number of rotatable bonds is 4. The fourth-order valence-electron chi connectivity index (χ4n) is 5.66. The summed E-state index contributed by atoms with van der Waals surface area (Å²) in [6, 6.07) is 19.7. The zero-order valence-electron chi connectivity index (χ0n) is 18.7. The van der Waals surface area contributed by atoms with Crippen LogP contribution < -0.4 is 0 Å². The number of morpholine rings is 1. The van der Waals surface area contributed by atoms with Crippen LogP contribution in [0.1, 0.15) is 44.4 Å². The van der Waals surface area contributed by atoms with Crippen LogP contribution in [0.15, 0.2) is 60.7 Å². The van der Waals surface area contributed by atoms with E-state index in [0.717, 1.165) is 65.8 Å². The molecule has 2 aliphatic heterocycles. The number of benzene rings is 3. The predicted octanol–water partition coefficient (Wildman–Crippen LogP) is 4.79. The van der Waals surface area contributed by atoms with Crippen LogP contribution in [0.5, 0.6) is 0 Å². The van der Waals surface area contributed by atoms with Crippen molar-refractivity contribution in [2.24, 2.45) is 0 Å². The van der Waals surface area contributed by atoms with Gasteiger partial charge in [-0.15, -0.1) is 0 Å². The minimum Gasteiger partial charge on any atom is -0.379 e. The van der Waals surface area contributed by atoms with Crippen LogP contribution >= 0.6 is 0 Å². The molecule has 33 heavy (non-hydrogen) atoms. The lowest BCUT2D eigenvalue weighted by Crippen LogP contribution is -2.41. The van der Waals surface area contributed by atoms with Gasteiger partial charge in [0.05, 0.1) is 30.3 Å². The van der Waals surface area contributed by atoms with Crippen LogP contribution in [-0.2, 0) is 4.74 Å². The molecule has 0 unspecified atom stereocenters. The summed E-state index contributed by atoms with van der Waals surface area (Å²) in [4.78, 5) is 29.5. The lowest BCUT2D eigenvalue weighted by molar-refractivity contribution is 0.0308. The molecular formula is C28H26N2O3. The minimum absolute atomic E-state index is 0.0158. The highest BCUT2D eigenvalue weighted by Crippen LogP contribution is 2.39. The molecule has 4 aromatic rings. The van der Waals surface area contributed by atoms with E-state index in [1.54, 1.807) is 0 Å². The number of hydrogen-bond donors (Lipinski definition) is 0. The Balaban J connectivity index is 1.53. The van der Waals surface area contributed by atoms with Crippen molar-refractivity contribution < 1.29 is 14.3 Å². The van der Waals surface area contributed by atoms with E-state index in [-0.39, 0.29) is 17.6 Å². The first kappa shape index (κ1) is 20.3. The normalized spacial score (nSPS) is 18.8. The number of nitrogens with zero attached hydrogens (tertiary/aromatic N) is 2. The van der Waals surface area contributed by atoms with Crippen molar-refractivity contribution in [2.45, 2.75) is 19.4 Å². The summed E-state index contributed by atoms with van der Waals surface area (Å²) in [6.45, 7) is 6.01. The summed E-state index contributed by atoms with van der Waals surface area (Å²) < 4.78 is 7.77. The summed E-state index contributed by atoms with van der Waals surface area (Å²) in [6.07, 6.45) is 0.459. The van der Waals surface area contributed by atoms with Crippen molar-refractivity contribution in [2.75, 3.05) is 32.8 Å². The molecule has 6 rings (SSSR count). The molecule has 1 fully saturated rings.